The monoisotopic (exact) mass is 688 g/mol. The fourth-order valence-electron chi connectivity index (χ4n) is 8.55. The number of nitrogens with one attached hydrogen (secondary N) is 1. The third-order valence-electron chi connectivity index (χ3n) is 12.4. The summed E-state index contributed by atoms with van der Waals surface area (Å²) in [6.07, 6.45) is 20.8. The molecule has 8 nitrogen and oxygen atoms in total. The molecule has 3 aliphatic carbocycles. The fraction of sp³-hybridized carbons (Fsp3) is 0.512. The number of allylic oxidation sites excluding steroid dienone is 2. The summed E-state index contributed by atoms with van der Waals surface area (Å²) >= 11 is 0. The Bertz CT molecular complexity index is 1730. The van der Waals surface area contributed by atoms with E-state index in [1.807, 2.05) is 60.9 Å². The normalized spacial score (nSPS) is 23.5. The van der Waals surface area contributed by atoms with Gasteiger partial charge in [0.2, 0.25) is 5.91 Å². The van der Waals surface area contributed by atoms with E-state index in [1.165, 1.54) is 61.0 Å². The van der Waals surface area contributed by atoms with Crippen LogP contribution in [0.4, 0.5) is 0 Å². The first-order chi connectivity index (χ1) is 24.7. The number of carbonyl (C=O) groups excluding carboxylic acids is 2. The summed E-state index contributed by atoms with van der Waals surface area (Å²) in [7, 11) is 0. The molecule has 2 atom stereocenters. The van der Waals surface area contributed by atoms with Crippen molar-refractivity contribution in [3.05, 3.63) is 89.3 Å². The van der Waals surface area contributed by atoms with Crippen molar-refractivity contribution < 1.29 is 19.5 Å². The van der Waals surface area contributed by atoms with Crippen molar-refractivity contribution in [1.29, 1.82) is 0 Å². The van der Waals surface area contributed by atoms with E-state index in [0.29, 0.717) is 11.4 Å². The molecule has 0 bridgehead atoms. The smallest absolute Gasteiger partial charge is 0.310 e. The molecule has 1 saturated heterocycles. The number of likely N-dealkylation sites (tertiary alicyclic amines) is 1. The largest absolute Gasteiger partial charge is 0.481 e. The van der Waals surface area contributed by atoms with E-state index in [9.17, 15) is 19.5 Å². The molecular weight excluding hydrogens is 636 g/mol. The van der Waals surface area contributed by atoms with E-state index in [0.717, 1.165) is 60.1 Å². The molecule has 8 heteroatoms. The zero-order chi connectivity index (χ0) is 35.5. The number of carboxylic acids is 1. The Morgan fingerprint density at radius 1 is 0.902 bits per heavy atom. The zero-order valence-electron chi connectivity index (χ0n) is 30.2. The van der Waals surface area contributed by atoms with Gasteiger partial charge < -0.3 is 15.3 Å². The third-order valence-corrected chi connectivity index (χ3v) is 12.4. The molecule has 2 saturated carbocycles. The van der Waals surface area contributed by atoms with E-state index >= 15 is 0 Å². The van der Waals surface area contributed by atoms with Crippen LogP contribution in [0, 0.1) is 23.7 Å². The van der Waals surface area contributed by atoms with Crippen molar-refractivity contribution in [3.63, 3.8) is 0 Å². The Kier molecular flexibility index (Phi) is 10.4. The number of hydrogen-bond acceptors (Lipinski definition) is 5. The maximum absolute atomic E-state index is 13.5. The maximum atomic E-state index is 13.5. The van der Waals surface area contributed by atoms with Gasteiger partial charge in [0.15, 0.2) is 5.82 Å². The highest BCUT2D eigenvalue weighted by molar-refractivity contribution is 5.98. The number of hydrogen-bond donors (Lipinski definition) is 2. The number of carbonyl (C=O) groups is 3. The minimum atomic E-state index is -0.908. The van der Waals surface area contributed by atoms with Crippen LogP contribution in [-0.2, 0) is 21.4 Å². The first-order valence-corrected chi connectivity index (χ1v) is 19.2. The lowest BCUT2D eigenvalue weighted by Crippen LogP contribution is -2.59. The van der Waals surface area contributed by atoms with Crippen LogP contribution in [0.1, 0.15) is 112 Å². The van der Waals surface area contributed by atoms with Gasteiger partial charge in [-0.05, 0) is 96.9 Å². The molecule has 1 aromatic heterocycles. The quantitative estimate of drug-likeness (QED) is 0.200. The lowest BCUT2D eigenvalue weighted by atomic mass is 9.70. The summed E-state index contributed by atoms with van der Waals surface area (Å²) in [5, 5.41) is 12.3. The number of amides is 2. The van der Waals surface area contributed by atoms with Crippen molar-refractivity contribution in [2.24, 2.45) is 23.7 Å². The molecule has 1 unspecified atom stereocenters. The molecule has 3 aromatic rings. The van der Waals surface area contributed by atoms with Crippen molar-refractivity contribution in [2.75, 3.05) is 13.1 Å². The Labute approximate surface area is 302 Å². The summed E-state index contributed by atoms with van der Waals surface area (Å²) < 4.78 is 0. The predicted molar refractivity (Wildman–Crippen MR) is 199 cm³/mol. The van der Waals surface area contributed by atoms with Gasteiger partial charge >= 0.3 is 5.97 Å². The second-order valence-electron chi connectivity index (χ2n) is 16.0. The fourth-order valence-corrected chi connectivity index (χ4v) is 8.55. The van der Waals surface area contributed by atoms with Gasteiger partial charge in [-0.1, -0.05) is 82.0 Å². The number of nitrogens with zero attached hydrogens (tertiary/aromatic N) is 3. The molecule has 2 aromatic carbocycles. The number of carboxylic acid groups (broad SMARTS) is 1. The van der Waals surface area contributed by atoms with E-state index in [2.05, 4.69) is 25.2 Å². The molecule has 3 fully saturated rings. The summed E-state index contributed by atoms with van der Waals surface area (Å²) in [6, 6.07) is 14.6. The van der Waals surface area contributed by atoms with Crippen LogP contribution in [0.15, 0.2) is 67.0 Å². The molecule has 2 heterocycles. The topological polar surface area (TPSA) is 112 Å². The minimum Gasteiger partial charge on any atom is -0.481 e. The van der Waals surface area contributed by atoms with Gasteiger partial charge in [-0.3, -0.25) is 14.4 Å². The Hall–Kier alpha value is -4.33. The standard InChI is InChI=1S/C43H52N4O4/c1-3-4-28-5-9-30(10-6-28)31-13-15-32(16-14-31)35-24-44-39(45-25-35)33-11-7-29(8-12-33)23-38(41(49)47-26-36(27-47)42(50)51)46-40(48)34-17-19-37(20-18-34)43(2)21-22-43/h7-8,11-12,15,17-20,24-25,28,30-31,36,38H,3-6,9-10,13-14,16,21-23,26-27H2,1-2H3,(H,46,48)(H,50,51)/t28?,30?,31?,38-/m0/s1. The van der Waals surface area contributed by atoms with Crippen LogP contribution in [0.2, 0.25) is 0 Å². The molecular formula is C43H52N4O4. The van der Waals surface area contributed by atoms with Gasteiger partial charge in [0, 0.05) is 48.6 Å². The highest BCUT2D eigenvalue weighted by atomic mass is 16.4. The second-order valence-corrected chi connectivity index (χ2v) is 16.0. The van der Waals surface area contributed by atoms with Gasteiger partial charge in [-0.25, -0.2) is 9.97 Å². The van der Waals surface area contributed by atoms with Gasteiger partial charge in [-0.2, -0.15) is 0 Å². The average molecular weight is 689 g/mol. The highest BCUT2D eigenvalue weighted by Crippen LogP contribution is 2.47. The highest BCUT2D eigenvalue weighted by Gasteiger charge is 2.40. The third kappa shape index (κ3) is 8.10. The number of benzene rings is 2. The molecule has 0 spiro atoms. The van der Waals surface area contributed by atoms with E-state index in [4.69, 9.17) is 9.97 Å². The summed E-state index contributed by atoms with van der Waals surface area (Å²) in [5.41, 5.74) is 6.14. The van der Waals surface area contributed by atoms with Gasteiger partial charge in [0.25, 0.3) is 5.91 Å². The van der Waals surface area contributed by atoms with E-state index in [1.54, 1.807) is 0 Å². The second kappa shape index (κ2) is 15.1. The molecule has 4 aliphatic rings. The molecule has 0 radical (unpaired) electrons. The lowest BCUT2D eigenvalue weighted by Gasteiger charge is -2.39. The maximum Gasteiger partial charge on any atom is 0.310 e. The molecule has 2 N–H and O–H groups in total. The molecule has 51 heavy (non-hydrogen) atoms. The first-order valence-electron chi connectivity index (χ1n) is 19.2. The Balaban J connectivity index is 0.974. The van der Waals surface area contributed by atoms with Crippen LogP contribution in [0.3, 0.4) is 0 Å². The minimum absolute atomic E-state index is 0.150. The molecule has 1 aliphatic heterocycles. The SMILES string of the molecule is CCCC1CCC(C2CC=C(c3cnc(-c4ccc(C[C@H](NC(=O)c5ccc(C6(C)CC6)cc5)C(=O)N5CC(C(=O)O)C5)cc4)nc3)CC2)CC1. The van der Waals surface area contributed by atoms with Crippen molar-refractivity contribution in [1.82, 2.24) is 20.2 Å². The molecule has 2 amide bonds. The summed E-state index contributed by atoms with van der Waals surface area (Å²) in [5.74, 6) is 1.23. The van der Waals surface area contributed by atoms with Gasteiger partial charge in [0.1, 0.15) is 6.04 Å². The van der Waals surface area contributed by atoms with E-state index < -0.39 is 17.9 Å². The van der Waals surface area contributed by atoms with Crippen molar-refractivity contribution >= 4 is 23.4 Å². The lowest BCUT2D eigenvalue weighted by molar-refractivity contribution is -0.153. The Morgan fingerprint density at radius 2 is 1.59 bits per heavy atom. The van der Waals surface area contributed by atoms with Gasteiger partial charge in [-0.15, -0.1) is 0 Å². The molecule has 7 rings (SSSR count). The Morgan fingerprint density at radius 3 is 2.18 bits per heavy atom. The molecule has 268 valence electrons. The summed E-state index contributed by atoms with van der Waals surface area (Å²) in [4.78, 5) is 49.2. The van der Waals surface area contributed by atoms with Crippen LogP contribution < -0.4 is 5.32 Å². The van der Waals surface area contributed by atoms with Crippen LogP contribution in [0.25, 0.3) is 17.0 Å². The summed E-state index contributed by atoms with van der Waals surface area (Å²) in [6.45, 7) is 4.84. The number of rotatable bonds is 12. The van der Waals surface area contributed by atoms with Crippen LogP contribution in [0.5, 0.6) is 0 Å². The van der Waals surface area contributed by atoms with E-state index in [-0.39, 0.29) is 36.7 Å². The number of aromatic nitrogens is 2. The number of aliphatic carboxylic acids is 1. The predicted octanol–water partition coefficient (Wildman–Crippen LogP) is 7.87. The van der Waals surface area contributed by atoms with Crippen molar-refractivity contribution in [2.45, 2.75) is 102 Å². The average Bonchev–Trinajstić information content (AvgIpc) is 3.89. The van der Waals surface area contributed by atoms with Crippen LogP contribution in [-0.4, -0.2) is 56.9 Å². The van der Waals surface area contributed by atoms with Gasteiger partial charge in [0.05, 0.1) is 5.92 Å². The van der Waals surface area contributed by atoms with Crippen molar-refractivity contribution in [3.8, 4) is 11.4 Å². The zero-order valence-corrected chi connectivity index (χ0v) is 30.2. The first kappa shape index (κ1) is 35.1. The van der Waals surface area contributed by atoms with Crippen LogP contribution >= 0.6 is 0 Å².